The molecule has 1 unspecified atom stereocenters. The lowest BCUT2D eigenvalue weighted by Gasteiger charge is -2.25. The molecule has 6 heteroatoms. The molecule has 1 heterocycles. The zero-order chi connectivity index (χ0) is 17.1. The van der Waals surface area contributed by atoms with Crippen LogP contribution in [0.2, 0.25) is 0 Å². The number of rotatable bonds is 4. The van der Waals surface area contributed by atoms with Gasteiger partial charge in [0, 0.05) is 5.69 Å². The Morgan fingerprint density at radius 3 is 2.71 bits per heavy atom. The monoisotopic (exact) mass is 326 g/mol. The molecule has 0 aromatic heterocycles. The van der Waals surface area contributed by atoms with Gasteiger partial charge in [-0.3, -0.25) is 9.59 Å². The first kappa shape index (κ1) is 15.9. The van der Waals surface area contributed by atoms with Crippen molar-refractivity contribution in [1.29, 1.82) is 0 Å². The topological polar surface area (TPSA) is 76.7 Å². The summed E-state index contributed by atoms with van der Waals surface area (Å²) in [5, 5.41) is 5.55. The molecule has 24 heavy (non-hydrogen) atoms. The number of hydrogen-bond donors (Lipinski definition) is 2. The molecule has 2 aromatic rings. The largest absolute Gasteiger partial charge is 0.494 e. The van der Waals surface area contributed by atoms with Crippen molar-refractivity contribution >= 4 is 23.2 Å². The molecule has 0 spiro atoms. The minimum Gasteiger partial charge on any atom is -0.494 e. The second-order valence-corrected chi connectivity index (χ2v) is 5.34. The maximum absolute atomic E-state index is 12.5. The molecule has 124 valence electrons. The lowest BCUT2D eigenvalue weighted by molar-refractivity contribution is -0.122. The van der Waals surface area contributed by atoms with E-state index < -0.39 is 6.10 Å². The summed E-state index contributed by atoms with van der Waals surface area (Å²) < 4.78 is 11.0. The standard InChI is InChI=1S/C18H18N2O4/c1-3-23-13-9-7-12(8-10-13)19-18(22)14-5-4-6-15-16(14)24-11(2)17(21)20-15/h4-11H,3H2,1-2H3,(H,19,22)(H,20,21). The normalized spacial score (nSPS) is 15.8. The summed E-state index contributed by atoms with van der Waals surface area (Å²) in [6, 6.07) is 12.2. The van der Waals surface area contributed by atoms with E-state index in [4.69, 9.17) is 9.47 Å². The number of carbonyl (C=O) groups is 2. The molecule has 0 fully saturated rings. The second-order valence-electron chi connectivity index (χ2n) is 5.34. The third-order valence-corrected chi connectivity index (χ3v) is 3.60. The molecular formula is C18H18N2O4. The van der Waals surface area contributed by atoms with Gasteiger partial charge < -0.3 is 20.1 Å². The predicted octanol–water partition coefficient (Wildman–Crippen LogP) is 3.06. The van der Waals surface area contributed by atoms with Crippen molar-refractivity contribution in [3.05, 3.63) is 48.0 Å². The average molecular weight is 326 g/mol. The Morgan fingerprint density at radius 2 is 2.00 bits per heavy atom. The van der Waals surface area contributed by atoms with Crippen molar-refractivity contribution in [1.82, 2.24) is 0 Å². The molecule has 3 rings (SSSR count). The quantitative estimate of drug-likeness (QED) is 0.905. The third-order valence-electron chi connectivity index (χ3n) is 3.60. The van der Waals surface area contributed by atoms with Gasteiger partial charge in [0.25, 0.3) is 11.8 Å². The van der Waals surface area contributed by atoms with Gasteiger partial charge in [-0.25, -0.2) is 0 Å². The van der Waals surface area contributed by atoms with Gasteiger partial charge in [0.1, 0.15) is 5.75 Å². The van der Waals surface area contributed by atoms with Crippen molar-refractivity contribution < 1.29 is 19.1 Å². The van der Waals surface area contributed by atoms with E-state index in [0.29, 0.717) is 29.3 Å². The highest BCUT2D eigenvalue weighted by Gasteiger charge is 2.27. The molecule has 0 saturated heterocycles. The van der Waals surface area contributed by atoms with E-state index in [0.717, 1.165) is 5.75 Å². The number of amides is 2. The number of anilines is 2. The second kappa shape index (κ2) is 6.62. The van der Waals surface area contributed by atoms with Crippen LogP contribution in [-0.4, -0.2) is 24.5 Å². The van der Waals surface area contributed by atoms with E-state index >= 15 is 0 Å². The Hall–Kier alpha value is -3.02. The SMILES string of the molecule is CCOc1ccc(NC(=O)c2cccc3c2OC(C)C(=O)N3)cc1. The molecule has 6 nitrogen and oxygen atoms in total. The van der Waals surface area contributed by atoms with Crippen LogP contribution in [0.3, 0.4) is 0 Å². The van der Waals surface area contributed by atoms with Gasteiger partial charge in [0.15, 0.2) is 11.9 Å². The van der Waals surface area contributed by atoms with Crippen molar-refractivity contribution in [2.75, 3.05) is 17.2 Å². The molecule has 1 atom stereocenters. The summed E-state index contributed by atoms with van der Waals surface area (Å²) in [5.41, 5.74) is 1.51. The van der Waals surface area contributed by atoms with Crippen LogP contribution in [0.5, 0.6) is 11.5 Å². The summed E-state index contributed by atoms with van der Waals surface area (Å²) >= 11 is 0. The molecule has 1 aliphatic rings. The van der Waals surface area contributed by atoms with Gasteiger partial charge in [-0.15, -0.1) is 0 Å². The first-order valence-electron chi connectivity index (χ1n) is 7.73. The van der Waals surface area contributed by atoms with Gasteiger partial charge in [0.2, 0.25) is 0 Å². The summed E-state index contributed by atoms with van der Waals surface area (Å²) in [6.07, 6.45) is -0.642. The number of fused-ring (bicyclic) bond motifs is 1. The van der Waals surface area contributed by atoms with Gasteiger partial charge in [0.05, 0.1) is 17.9 Å². The van der Waals surface area contributed by atoms with Crippen LogP contribution in [0.25, 0.3) is 0 Å². The number of ether oxygens (including phenoxy) is 2. The lowest BCUT2D eigenvalue weighted by atomic mass is 10.1. The highest BCUT2D eigenvalue weighted by Crippen LogP contribution is 2.33. The summed E-state index contributed by atoms with van der Waals surface area (Å²) in [7, 11) is 0. The molecule has 0 aliphatic carbocycles. The maximum Gasteiger partial charge on any atom is 0.265 e. The number of benzene rings is 2. The summed E-state index contributed by atoms with van der Waals surface area (Å²) in [4.78, 5) is 24.2. The predicted molar refractivity (Wildman–Crippen MR) is 90.7 cm³/mol. The van der Waals surface area contributed by atoms with Crippen LogP contribution in [-0.2, 0) is 4.79 Å². The number of nitrogens with one attached hydrogen (secondary N) is 2. The number of para-hydroxylation sites is 1. The molecule has 2 amide bonds. The van der Waals surface area contributed by atoms with Crippen LogP contribution in [0.15, 0.2) is 42.5 Å². The van der Waals surface area contributed by atoms with E-state index in [1.54, 1.807) is 49.4 Å². The van der Waals surface area contributed by atoms with Gasteiger partial charge in [-0.1, -0.05) is 6.07 Å². The Balaban J connectivity index is 1.81. The Morgan fingerprint density at radius 1 is 1.25 bits per heavy atom. The zero-order valence-electron chi connectivity index (χ0n) is 13.5. The Kier molecular flexibility index (Phi) is 4.37. The Bertz CT molecular complexity index is 771. The van der Waals surface area contributed by atoms with E-state index in [9.17, 15) is 9.59 Å². The molecule has 0 bridgehead atoms. The van der Waals surface area contributed by atoms with Crippen LogP contribution in [0, 0.1) is 0 Å². The zero-order valence-corrected chi connectivity index (χ0v) is 13.5. The van der Waals surface area contributed by atoms with Crippen molar-refractivity contribution in [2.45, 2.75) is 20.0 Å². The number of carbonyl (C=O) groups excluding carboxylic acids is 2. The fourth-order valence-corrected chi connectivity index (χ4v) is 2.41. The first-order chi connectivity index (χ1) is 11.6. The van der Waals surface area contributed by atoms with Crippen molar-refractivity contribution in [3.8, 4) is 11.5 Å². The van der Waals surface area contributed by atoms with Gasteiger partial charge >= 0.3 is 0 Å². The van der Waals surface area contributed by atoms with Crippen LogP contribution in [0.1, 0.15) is 24.2 Å². The van der Waals surface area contributed by atoms with E-state index in [2.05, 4.69) is 10.6 Å². The summed E-state index contributed by atoms with van der Waals surface area (Å²) in [6.45, 7) is 4.14. The lowest BCUT2D eigenvalue weighted by Crippen LogP contribution is -2.35. The van der Waals surface area contributed by atoms with E-state index in [1.165, 1.54) is 0 Å². The number of hydrogen-bond acceptors (Lipinski definition) is 4. The fourth-order valence-electron chi connectivity index (χ4n) is 2.41. The fraction of sp³-hybridized carbons (Fsp3) is 0.222. The smallest absolute Gasteiger partial charge is 0.265 e. The van der Waals surface area contributed by atoms with Crippen LogP contribution < -0.4 is 20.1 Å². The van der Waals surface area contributed by atoms with Crippen LogP contribution in [0.4, 0.5) is 11.4 Å². The molecular weight excluding hydrogens is 308 g/mol. The van der Waals surface area contributed by atoms with Crippen molar-refractivity contribution in [2.24, 2.45) is 0 Å². The van der Waals surface area contributed by atoms with Crippen molar-refractivity contribution in [3.63, 3.8) is 0 Å². The highest BCUT2D eigenvalue weighted by atomic mass is 16.5. The third kappa shape index (κ3) is 3.17. The van der Waals surface area contributed by atoms with E-state index in [-0.39, 0.29) is 11.8 Å². The molecule has 0 radical (unpaired) electrons. The van der Waals surface area contributed by atoms with E-state index in [1.807, 2.05) is 6.92 Å². The first-order valence-corrected chi connectivity index (χ1v) is 7.73. The highest BCUT2D eigenvalue weighted by molar-refractivity contribution is 6.09. The Labute approximate surface area is 139 Å². The summed E-state index contributed by atoms with van der Waals surface area (Å²) in [5.74, 6) is 0.589. The molecule has 2 N–H and O–H groups in total. The maximum atomic E-state index is 12.5. The average Bonchev–Trinajstić information content (AvgIpc) is 2.57. The van der Waals surface area contributed by atoms with Gasteiger partial charge in [-0.05, 0) is 50.2 Å². The molecule has 0 saturated carbocycles. The van der Waals surface area contributed by atoms with Gasteiger partial charge in [-0.2, -0.15) is 0 Å². The molecule has 2 aromatic carbocycles. The van der Waals surface area contributed by atoms with Crippen LogP contribution >= 0.6 is 0 Å². The minimum atomic E-state index is -0.642. The minimum absolute atomic E-state index is 0.230. The molecule has 1 aliphatic heterocycles.